The van der Waals surface area contributed by atoms with Crippen molar-refractivity contribution < 1.29 is 9.53 Å². The van der Waals surface area contributed by atoms with Crippen LogP contribution in [0.2, 0.25) is 0 Å². The molecule has 0 saturated carbocycles. The third-order valence-corrected chi connectivity index (χ3v) is 3.77. The molecule has 0 aliphatic carbocycles. The lowest BCUT2D eigenvalue weighted by molar-refractivity contribution is 0.1000. The van der Waals surface area contributed by atoms with Crippen molar-refractivity contribution in [1.82, 2.24) is 10.3 Å². The molecule has 0 unspecified atom stereocenters. The fourth-order valence-corrected chi connectivity index (χ4v) is 2.24. The Labute approximate surface area is 160 Å². The minimum Gasteiger partial charge on any atom is -0.439 e. The summed E-state index contributed by atoms with van der Waals surface area (Å²) in [4.78, 5) is 15.0. The van der Waals surface area contributed by atoms with Crippen molar-refractivity contribution in [2.24, 2.45) is 5.73 Å². The number of nitrogens with zero attached hydrogens (tertiary/aromatic N) is 1. The number of pyridine rings is 1. The van der Waals surface area contributed by atoms with Crippen LogP contribution in [0.1, 0.15) is 21.5 Å². The average Bonchev–Trinajstić information content (AvgIpc) is 2.69. The first kappa shape index (κ1) is 20.1. The molecular weight excluding hydrogens is 338 g/mol. The number of amides is 1. The molecule has 3 rings (SSSR count). The number of aryl methyl sites for hydroxylation is 1. The first-order valence-corrected chi connectivity index (χ1v) is 8.77. The largest absolute Gasteiger partial charge is 0.439 e. The number of carbonyl (C=O) groups is 1. The molecule has 0 fully saturated rings. The van der Waals surface area contributed by atoms with Gasteiger partial charge in [-0.1, -0.05) is 48.0 Å². The summed E-state index contributed by atoms with van der Waals surface area (Å²) in [5, 5.41) is 3.11. The number of hydrogen-bond acceptors (Lipinski definition) is 4. The summed E-state index contributed by atoms with van der Waals surface area (Å²) in [7, 11) is 1.93. The van der Waals surface area contributed by atoms with Crippen LogP contribution in [0.5, 0.6) is 11.6 Å². The van der Waals surface area contributed by atoms with Crippen LogP contribution in [-0.2, 0) is 6.42 Å². The first-order chi connectivity index (χ1) is 13.1. The van der Waals surface area contributed by atoms with Gasteiger partial charge in [-0.05, 0) is 50.7 Å². The van der Waals surface area contributed by atoms with E-state index >= 15 is 0 Å². The zero-order valence-electron chi connectivity index (χ0n) is 15.7. The summed E-state index contributed by atoms with van der Waals surface area (Å²) >= 11 is 0. The van der Waals surface area contributed by atoms with E-state index in [0.29, 0.717) is 17.2 Å². The second-order valence-corrected chi connectivity index (χ2v) is 6.00. The lowest BCUT2D eigenvalue weighted by Gasteiger charge is -2.06. The monoisotopic (exact) mass is 363 g/mol. The highest BCUT2D eigenvalue weighted by molar-refractivity contribution is 5.92. The van der Waals surface area contributed by atoms with E-state index in [1.54, 1.807) is 12.1 Å². The van der Waals surface area contributed by atoms with Gasteiger partial charge in [0.15, 0.2) is 0 Å². The van der Waals surface area contributed by atoms with Crippen molar-refractivity contribution in [1.29, 1.82) is 0 Å². The maximum atomic E-state index is 10.9. The lowest BCUT2D eigenvalue weighted by atomic mass is 10.1. The Kier molecular flexibility index (Phi) is 8.00. The minimum atomic E-state index is -0.502. The second-order valence-electron chi connectivity index (χ2n) is 6.00. The number of primary amides is 1. The molecule has 1 heterocycles. The Morgan fingerprint density at radius 2 is 1.74 bits per heavy atom. The standard InChI is InChI=1S/C15H17N3O2.C7H8/c1-17-9-8-11-2-5-13(6-3-11)20-14-7-4-12(10-18-14)15(16)19;1-7-5-3-2-4-6-7/h2-7,10,17H,8-9H2,1H3,(H2,16,19);2-6H,1H3. The molecule has 140 valence electrons. The van der Waals surface area contributed by atoms with Gasteiger partial charge in [-0.25, -0.2) is 4.98 Å². The fraction of sp³-hybridized carbons (Fsp3) is 0.182. The summed E-state index contributed by atoms with van der Waals surface area (Å²) < 4.78 is 5.59. The Morgan fingerprint density at radius 3 is 2.22 bits per heavy atom. The second kappa shape index (κ2) is 10.7. The van der Waals surface area contributed by atoms with E-state index in [1.165, 1.54) is 17.3 Å². The van der Waals surface area contributed by atoms with Crippen LogP contribution in [-0.4, -0.2) is 24.5 Å². The molecule has 0 saturated heterocycles. The quantitative estimate of drug-likeness (QED) is 0.699. The Balaban J connectivity index is 0.000000313. The van der Waals surface area contributed by atoms with Gasteiger partial charge in [0.1, 0.15) is 5.75 Å². The number of ether oxygens (including phenoxy) is 1. The van der Waals surface area contributed by atoms with Gasteiger partial charge in [-0.3, -0.25) is 4.79 Å². The van der Waals surface area contributed by atoms with E-state index in [2.05, 4.69) is 29.4 Å². The number of carbonyl (C=O) groups excluding carboxylic acids is 1. The summed E-state index contributed by atoms with van der Waals surface area (Å²) in [5.74, 6) is 0.633. The fourth-order valence-electron chi connectivity index (χ4n) is 2.24. The number of aromatic nitrogens is 1. The summed E-state index contributed by atoms with van der Waals surface area (Å²) in [6.45, 7) is 3.02. The molecule has 2 aromatic carbocycles. The molecule has 27 heavy (non-hydrogen) atoms. The highest BCUT2D eigenvalue weighted by atomic mass is 16.5. The molecule has 0 bridgehead atoms. The van der Waals surface area contributed by atoms with E-state index in [1.807, 2.05) is 49.5 Å². The van der Waals surface area contributed by atoms with Crippen molar-refractivity contribution in [3.8, 4) is 11.6 Å². The lowest BCUT2D eigenvalue weighted by Crippen LogP contribution is -2.10. The third-order valence-electron chi connectivity index (χ3n) is 3.77. The highest BCUT2D eigenvalue weighted by Gasteiger charge is 2.03. The summed E-state index contributed by atoms with van der Waals surface area (Å²) in [5.41, 5.74) is 8.07. The highest BCUT2D eigenvalue weighted by Crippen LogP contribution is 2.20. The predicted octanol–water partition coefficient (Wildman–Crippen LogP) is 3.73. The van der Waals surface area contributed by atoms with Crippen LogP contribution in [0.25, 0.3) is 0 Å². The smallest absolute Gasteiger partial charge is 0.250 e. The van der Waals surface area contributed by atoms with E-state index in [0.717, 1.165) is 13.0 Å². The van der Waals surface area contributed by atoms with Crippen molar-refractivity contribution in [3.63, 3.8) is 0 Å². The first-order valence-electron chi connectivity index (χ1n) is 8.77. The number of rotatable bonds is 6. The molecular formula is C22H25N3O2. The summed E-state index contributed by atoms with van der Waals surface area (Å²) in [6.07, 6.45) is 2.38. The van der Waals surface area contributed by atoms with Gasteiger partial charge in [0, 0.05) is 12.3 Å². The van der Waals surface area contributed by atoms with Crippen molar-refractivity contribution in [2.45, 2.75) is 13.3 Å². The summed E-state index contributed by atoms with van der Waals surface area (Å²) in [6, 6.07) is 21.3. The molecule has 0 spiro atoms. The van der Waals surface area contributed by atoms with Gasteiger partial charge < -0.3 is 15.8 Å². The predicted molar refractivity (Wildman–Crippen MR) is 108 cm³/mol. The van der Waals surface area contributed by atoms with E-state index in [4.69, 9.17) is 10.5 Å². The van der Waals surface area contributed by atoms with Crippen LogP contribution >= 0.6 is 0 Å². The van der Waals surface area contributed by atoms with Gasteiger partial charge in [0.25, 0.3) is 0 Å². The molecule has 0 aliphatic heterocycles. The zero-order chi connectivity index (χ0) is 19.5. The van der Waals surface area contributed by atoms with Gasteiger partial charge in [-0.15, -0.1) is 0 Å². The Morgan fingerprint density at radius 1 is 1.04 bits per heavy atom. The number of benzene rings is 2. The molecule has 5 heteroatoms. The Hall–Kier alpha value is -3.18. The minimum absolute atomic E-state index is 0.361. The van der Waals surface area contributed by atoms with Gasteiger partial charge in [0.05, 0.1) is 5.56 Å². The van der Waals surface area contributed by atoms with E-state index < -0.39 is 5.91 Å². The molecule has 0 atom stereocenters. The normalized spacial score (nSPS) is 9.85. The van der Waals surface area contributed by atoms with Crippen LogP contribution in [0.4, 0.5) is 0 Å². The third kappa shape index (κ3) is 7.30. The molecule has 0 radical (unpaired) electrons. The molecule has 1 amide bonds. The van der Waals surface area contributed by atoms with Crippen LogP contribution in [0, 0.1) is 6.92 Å². The number of nitrogens with two attached hydrogens (primary N) is 1. The number of nitrogens with one attached hydrogen (secondary N) is 1. The number of likely N-dealkylation sites (N-methyl/N-ethyl adjacent to an activating group) is 1. The Bertz CT molecular complexity index is 816. The van der Waals surface area contributed by atoms with Crippen LogP contribution < -0.4 is 15.8 Å². The van der Waals surface area contributed by atoms with Gasteiger partial charge in [-0.2, -0.15) is 0 Å². The molecule has 3 aromatic rings. The van der Waals surface area contributed by atoms with Gasteiger partial charge in [0.2, 0.25) is 11.8 Å². The molecule has 5 nitrogen and oxygen atoms in total. The van der Waals surface area contributed by atoms with Gasteiger partial charge >= 0.3 is 0 Å². The number of hydrogen-bond donors (Lipinski definition) is 2. The maximum Gasteiger partial charge on any atom is 0.250 e. The van der Waals surface area contributed by atoms with Crippen molar-refractivity contribution in [3.05, 3.63) is 89.6 Å². The van der Waals surface area contributed by atoms with Crippen LogP contribution in [0.15, 0.2) is 72.9 Å². The molecule has 3 N–H and O–H groups in total. The molecule has 1 aromatic heterocycles. The van der Waals surface area contributed by atoms with E-state index in [-0.39, 0.29) is 0 Å². The topological polar surface area (TPSA) is 77.2 Å². The molecule has 0 aliphatic rings. The van der Waals surface area contributed by atoms with Crippen LogP contribution in [0.3, 0.4) is 0 Å². The van der Waals surface area contributed by atoms with Crippen molar-refractivity contribution >= 4 is 5.91 Å². The average molecular weight is 363 g/mol. The van der Waals surface area contributed by atoms with E-state index in [9.17, 15) is 4.79 Å². The zero-order valence-corrected chi connectivity index (χ0v) is 15.7. The van der Waals surface area contributed by atoms with Crippen molar-refractivity contribution in [2.75, 3.05) is 13.6 Å². The maximum absolute atomic E-state index is 10.9. The SMILES string of the molecule is CNCCc1ccc(Oc2ccc(C(N)=O)cn2)cc1.Cc1ccccc1.